The number of nitrogens with zero attached hydrogens (tertiary/aromatic N) is 2. The molecule has 24 heavy (non-hydrogen) atoms. The molecule has 0 radical (unpaired) electrons. The molecule has 3 rings (SSSR count). The van der Waals surface area contributed by atoms with Crippen molar-refractivity contribution in [2.45, 2.75) is 28.3 Å². The minimum Gasteiger partial charge on any atom is -0.321 e. The van der Waals surface area contributed by atoms with Crippen LogP contribution in [-0.2, 0) is 0 Å². The minimum atomic E-state index is -0.175. The number of anilines is 2. The fraction of sp³-hybridized carbons (Fsp3) is 0.333. The summed E-state index contributed by atoms with van der Waals surface area (Å²) in [6.07, 6.45) is 0. The van der Waals surface area contributed by atoms with Crippen LogP contribution in [0.1, 0.15) is 6.92 Å². The fourth-order valence-electron chi connectivity index (χ4n) is 2.76. The number of alkyl halides is 2. The maximum Gasteiger partial charge on any atom is 0.124 e. The average Bonchev–Trinajstić information content (AvgIpc) is 2.58. The summed E-state index contributed by atoms with van der Waals surface area (Å²) >= 11 is 14.6. The number of halogens is 3. The maximum absolute atomic E-state index is 6.93. The third kappa shape index (κ3) is 3.81. The van der Waals surface area contributed by atoms with Gasteiger partial charge in [-0.3, -0.25) is 4.90 Å². The number of rotatable bonds is 5. The first kappa shape index (κ1) is 19.7. The van der Waals surface area contributed by atoms with E-state index in [1.54, 1.807) is 11.8 Å². The van der Waals surface area contributed by atoms with Gasteiger partial charge in [-0.15, -0.1) is 24.0 Å². The summed E-state index contributed by atoms with van der Waals surface area (Å²) in [7, 11) is 2.07. The van der Waals surface area contributed by atoms with E-state index in [2.05, 4.69) is 72.3 Å². The highest BCUT2D eigenvalue weighted by Crippen LogP contribution is 2.49. The fourth-order valence-corrected chi connectivity index (χ4v) is 4.50. The molecule has 2 unspecified atom stereocenters. The van der Waals surface area contributed by atoms with Gasteiger partial charge in [-0.25, -0.2) is 0 Å². The van der Waals surface area contributed by atoms with Gasteiger partial charge in [-0.05, 0) is 38.2 Å². The Hall–Kier alpha value is -0.580. The molecule has 0 bridgehead atoms. The van der Waals surface area contributed by atoms with Gasteiger partial charge in [0, 0.05) is 28.3 Å². The van der Waals surface area contributed by atoms with Crippen molar-refractivity contribution in [1.82, 2.24) is 4.90 Å². The smallest absolute Gasteiger partial charge is 0.124 e. The molecule has 6 heteroatoms. The first-order chi connectivity index (χ1) is 11.1. The standard InChI is InChI=1S/C18H20Cl2N2S.ClH/c1-13(21(2)12-11-19)18(20)22-14-7-3-5-9-16(14)23-17-10-6-4-8-15(17)22;/h3-10,13,18H,11-12H2,1-2H3;1H. The Morgan fingerprint density at radius 3 is 2.04 bits per heavy atom. The zero-order valence-corrected chi connectivity index (χ0v) is 16.8. The highest BCUT2D eigenvalue weighted by molar-refractivity contribution is 7.99. The molecule has 0 N–H and O–H groups in total. The van der Waals surface area contributed by atoms with Crippen LogP contribution in [0.25, 0.3) is 0 Å². The molecule has 0 spiro atoms. The third-order valence-electron chi connectivity index (χ3n) is 4.25. The van der Waals surface area contributed by atoms with Crippen molar-refractivity contribution >= 4 is 58.7 Å². The summed E-state index contributed by atoms with van der Waals surface area (Å²) in [5.41, 5.74) is 2.16. The monoisotopic (exact) mass is 402 g/mol. The van der Waals surface area contributed by atoms with E-state index in [0.29, 0.717) is 5.88 Å². The maximum atomic E-state index is 6.93. The quantitative estimate of drug-likeness (QED) is 0.458. The lowest BCUT2D eigenvalue weighted by Crippen LogP contribution is -2.45. The van der Waals surface area contributed by atoms with Crippen molar-refractivity contribution in [2.75, 3.05) is 24.4 Å². The molecule has 1 heterocycles. The lowest BCUT2D eigenvalue weighted by Gasteiger charge is -2.40. The second-order valence-corrected chi connectivity index (χ2v) is 7.60. The summed E-state index contributed by atoms with van der Waals surface area (Å²) in [5, 5.41) is 0. The Bertz CT molecular complexity index is 637. The predicted molar refractivity (Wildman–Crippen MR) is 109 cm³/mol. The second-order valence-electron chi connectivity index (χ2n) is 5.69. The third-order valence-corrected chi connectivity index (χ3v) is 6.11. The molecule has 2 aromatic rings. The Kier molecular flexibility index (Phi) is 7.14. The number of benzene rings is 2. The van der Waals surface area contributed by atoms with Gasteiger partial charge in [0.1, 0.15) is 5.50 Å². The molecule has 0 amide bonds. The van der Waals surface area contributed by atoms with E-state index in [1.165, 1.54) is 21.2 Å². The summed E-state index contributed by atoms with van der Waals surface area (Å²) < 4.78 is 0. The van der Waals surface area contributed by atoms with Gasteiger partial charge in [0.05, 0.1) is 11.4 Å². The molecule has 0 fully saturated rings. The summed E-state index contributed by atoms with van der Waals surface area (Å²) in [5.74, 6) is 0.605. The Morgan fingerprint density at radius 2 is 1.54 bits per heavy atom. The zero-order chi connectivity index (χ0) is 16.4. The first-order valence-corrected chi connectivity index (χ1v) is 9.47. The summed E-state index contributed by atoms with van der Waals surface area (Å²) in [6.45, 7) is 2.97. The molecule has 1 aliphatic heterocycles. The van der Waals surface area contributed by atoms with E-state index < -0.39 is 0 Å². The van der Waals surface area contributed by atoms with Gasteiger partial charge in [-0.1, -0.05) is 47.6 Å². The van der Waals surface area contributed by atoms with Gasteiger partial charge >= 0.3 is 0 Å². The van der Waals surface area contributed by atoms with E-state index in [0.717, 1.165) is 6.54 Å². The summed E-state index contributed by atoms with van der Waals surface area (Å²) in [4.78, 5) is 6.93. The lowest BCUT2D eigenvalue weighted by atomic mass is 10.1. The number of hydrogen-bond acceptors (Lipinski definition) is 3. The van der Waals surface area contributed by atoms with Gasteiger partial charge in [0.15, 0.2) is 0 Å². The normalized spacial score (nSPS) is 15.3. The van der Waals surface area contributed by atoms with Crippen molar-refractivity contribution in [1.29, 1.82) is 0 Å². The molecule has 2 nitrogen and oxygen atoms in total. The molecule has 2 atom stereocenters. The molecule has 0 saturated carbocycles. The van der Waals surface area contributed by atoms with E-state index >= 15 is 0 Å². The van der Waals surface area contributed by atoms with Crippen LogP contribution in [0, 0.1) is 0 Å². The van der Waals surface area contributed by atoms with E-state index in [9.17, 15) is 0 Å². The van der Waals surface area contributed by atoms with Gasteiger partial charge in [0.25, 0.3) is 0 Å². The SMILES string of the molecule is CC(C(Cl)N1c2ccccc2Sc2ccccc21)N(C)CCCl.Cl. The van der Waals surface area contributed by atoms with Crippen molar-refractivity contribution < 1.29 is 0 Å². The average molecular weight is 404 g/mol. The van der Waals surface area contributed by atoms with Crippen LogP contribution in [0.3, 0.4) is 0 Å². The first-order valence-electron chi connectivity index (χ1n) is 7.69. The van der Waals surface area contributed by atoms with Crippen molar-refractivity contribution in [3.05, 3.63) is 48.5 Å². The summed E-state index contributed by atoms with van der Waals surface area (Å²) in [6, 6.07) is 17.0. The molecule has 0 aliphatic carbocycles. The predicted octanol–water partition coefficient (Wildman–Crippen LogP) is 5.84. The van der Waals surface area contributed by atoms with Gasteiger partial charge in [0.2, 0.25) is 0 Å². The van der Waals surface area contributed by atoms with Crippen LogP contribution < -0.4 is 4.90 Å². The molecular formula is C18H21Cl3N2S. The Morgan fingerprint density at radius 1 is 1.04 bits per heavy atom. The van der Waals surface area contributed by atoms with E-state index in [-0.39, 0.29) is 23.9 Å². The Balaban J connectivity index is 0.00000208. The van der Waals surface area contributed by atoms with Crippen LogP contribution in [0.4, 0.5) is 11.4 Å². The van der Waals surface area contributed by atoms with Crippen LogP contribution in [-0.4, -0.2) is 35.9 Å². The highest BCUT2D eigenvalue weighted by atomic mass is 35.5. The van der Waals surface area contributed by atoms with Crippen LogP contribution in [0.2, 0.25) is 0 Å². The highest BCUT2D eigenvalue weighted by Gasteiger charge is 2.32. The van der Waals surface area contributed by atoms with Gasteiger partial charge in [-0.2, -0.15) is 0 Å². The van der Waals surface area contributed by atoms with E-state index in [1.807, 2.05) is 0 Å². The van der Waals surface area contributed by atoms with Crippen molar-refractivity contribution in [3.8, 4) is 0 Å². The largest absolute Gasteiger partial charge is 0.321 e. The van der Waals surface area contributed by atoms with Crippen LogP contribution >= 0.6 is 47.4 Å². The number of para-hydroxylation sites is 2. The molecule has 2 aromatic carbocycles. The Labute approximate surface area is 164 Å². The van der Waals surface area contributed by atoms with Crippen LogP contribution in [0.15, 0.2) is 58.3 Å². The van der Waals surface area contributed by atoms with Crippen molar-refractivity contribution in [3.63, 3.8) is 0 Å². The van der Waals surface area contributed by atoms with Gasteiger partial charge < -0.3 is 4.90 Å². The lowest BCUT2D eigenvalue weighted by molar-refractivity contribution is 0.265. The molecular weight excluding hydrogens is 383 g/mol. The number of hydrogen-bond donors (Lipinski definition) is 0. The number of likely N-dealkylation sites (N-methyl/N-ethyl adjacent to an activating group) is 1. The topological polar surface area (TPSA) is 6.48 Å². The molecule has 130 valence electrons. The van der Waals surface area contributed by atoms with Crippen LogP contribution in [0.5, 0.6) is 0 Å². The molecule has 0 saturated heterocycles. The van der Waals surface area contributed by atoms with E-state index in [4.69, 9.17) is 23.2 Å². The second kappa shape index (κ2) is 8.68. The molecule has 0 aromatic heterocycles. The molecule has 1 aliphatic rings. The van der Waals surface area contributed by atoms with Crippen molar-refractivity contribution in [2.24, 2.45) is 0 Å². The minimum absolute atomic E-state index is 0. The zero-order valence-electron chi connectivity index (χ0n) is 13.7. The number of fused-ring (bicyclic) bond motifs is 2.